The molecule has 100 valence electrons. The second-order valence-corrected chi connectivity index (χ2v) is 3.87. The van der Waals surface area contributed by atoms with Crippen LogP contribution in [0, 0.1) is 11.6 Å². The average molecular weight is 265 g/mol. The van der Waals surface area contributed by atoms with Crippen LogP contribution in [0.2, 0.25) is 0 Å². The van der Waals surface area contributed by atoms with Crippen molar-refractivity contribution in [2.45, 2.75) is 0 Å². The van der Waals surface area contributed by atoms with E-state index in [1.54, 1.807) is 24.3 Å². The molecule has 0 amide bonds. The Hall–Kier alpha value is -2.30. The molecule has 0 heterocycles. The second-order valence-electron chi connectivity index (χ2n) is 3.87. The van der Waals surface area contributed by atoms with Gasteiger partial charge in [-0.05, 0) is 12.1 Å². The largest absolute Gasteiger partial charge is 0.490 e. The quantitative estimate of drug-likeness (QED) is 0.667. The van der Waals surface area contributed by atoms with E-state index in [2.05, 4.69) is 0 Å². The zero-order valence-electron chi connectivity index (χ0n) is 10.1. The van der Waals surface area contributed by atoms with Crippen molar-refractivity contribution >= 4 is 5.69 Å². The fourth-order valence-electron chi connectivity index (χ4n) is 1.54. The predicted molar refractivity (Wildman–Crippen MR) is 68.2 cm³/mol. The summed E-state index contributed by atoms with van der Waals surface area (Å²) in [6, 6.07) is 9.98. The summed E-state index contributed by atoms with van der Waals surface area (Å²) in [5.74, 6) is -0.596. The van der Waals surface area contributed by atoms with Crippen LogP contribution in [0.4, 0.5) is 14.5 Å². The standard InChI is InChI=1S/C14H13F2NO2/c15-10-6-11(16)8-14(7-10)19-5-4-18-13-3-1-2-12(17)9-13/h1-3,6-9H,4-5,17H2. The lowest BCUT2D eigenvalue weighted by Crippen LogP contribution is -2.09. The Balaban J connectivity index is 1.80. The van der Waals surface area contributed by atoms with Crippen LogP contribution in [0.5, 0.6) is 11.5 Å². The van der Waals surface area contributed by atoms with E-state index in [9.17, 15) is 8.78 Å². The third-order valence-corrected chi connectivity index (χ3v) is 2.31. The van der Waals surface area contributed by atoms with Gasteiger partial charge < -0.3 is 15.2 Å². The second kappa shape index (κ2) is 6.04. The third-order valence-electron chi connectivity index (χ3n) is 2.31. The highest BCUT2D eigenvalue weighted by atomic mass is 19.1. The molecular weight excluding hydrogens is 252 g/mol. The zero-order valence-corrected chi connectivity index (χ0v) is 10.1. The Morgan fingerprint density at radius 2 is 1.47 bits per heavy atom. The van der Waals surface area contributed by atoms with Gasteiger partial charge in [0.05, 0.1) is 0 Å². The first-order chi connectivity index (χ1) is 9.13. The first-order valence-corrected chi connectivity index (χ1v) is 5.71. The van der Waals surface area contributed by atoms with E-state index >= 15 is 0 Å². The number of anilines is 1. The lowest BCUT2D eigenvalue weighted by atomic mass is 10.3. The number of hydrogen-bond donors (Lipinski definition) is 1. The molecule has 0 saturated carbocycles. The smallest absolute Gasteiger partial charge is 0.129 e. The van der Waals surface area contributed by atoms with Crippen LogP contribution in [0.15, 0.2) is 42.5 Å². The van der Waals surface area contributed by atoms with Gasteiger partial charge in [0.2, 0.25) is 0 Å². The first kappa shape index (κ1) is 13.1. The summed E-state index contributed by atoms with van der Waals surface area (Å²) in [5, 5.41) is 0. The summed E-state index contributed by atoms with van der Waals surface area (Å²) < 4.78 is 36.3. The SMILES string of the molecule is Nc1cccc(OCCOc2cc(F)cc(F)c2)c1. The van der Waals surface area contributed by atoms with Gasteiger partial charge >= 0.3 is 0 Å². The normalized spacial score (nSPS) is 10.2. The van der Waals surface area contributed by atoms with Gasteiger partial charge in [0.1, 0.15) is 36.3 Å². The van der Waals surface area contributed by atoms with Crippen molar-refractivity contribution in [3.63, 3.8) is 0 Å². The average Bonchev–Trinajstić information content (AvgIpc) is 2.34. The minimum absolute atomic E-state index is 0.133. The summed E-state index contributed by atoms with van der Waals surface area (Å²) in [5.41, 5.74) is 6.20. The maximum absolute atomic E-state index is 12.9. The van der Waals surface area contributed by atoms with Crippen LogP contribution < -0.4 is 15.2 Å². The summed E-state index contributed by atoms with van der Waals surface area (Å²) in [6.45, 7) is 0.430. The van der Waals surface area contributed by atoms with Crippen LogP contribution >= 0.6 is 0 Å². The number of rotatable bonds is 5. The fraction of sp³-hybridized carbons (Fsp3) is 0.143. The summed E-state index contributed by atoms with van der Waals surface area (Å²) in [7, 11) is 0. The van der Waals surface area contributed by atoms with E-state index in [0.717, 1.165) is 18.2 Å². The Morgan fingerprint density at radius 3 is 2.11 bits per heavy atom. The number of hydrogen-bond acceptors (Lipinski definition) is 3. The van der Waals surface area contributed by atoms with E-state index in [1.807, 2.05) is 0 Å². The molecule has 0 atom stereocenters. The minimum Gasteiger partial charge on any atom is -0.490 e. The molecule has 0 spiro atoms. The van der Waals surface area contributed by atoms with Gasteiger partial charge in [0, 0.05) is 30.0 Å². The van der Waals surface area contributed by atoms with Crippen molar-refractivity contribution in [1.82, 2.24) is 0 Å². The molecule has 0 aromatic heterocycles. The zero-order chi connectivity index (χ0) is 13.7. The highest BCUT2D eigenvalue weighted by Crippen LogP contribution is 2.16. The molecule has 0 aliphatic carbocycles. The topological polar surface area (TPSA) is 44.5 Å². The fourth-order valence-corrected chi connectivity index (χ4v) is 1.54. The van der Waals surface area contributed by atoms with Crippen molar-refractivity contribution in [2.24, 2.45) is 0 Å². The van der Waals surface area contributed by atoms with Crippen LogP contribution in [0.25, 0.3) is 0 Å². The molecule has 3 nitrogen and oxygen atoms in total. The molecule has 2 rings (SSSR count). The van der Waals surface area contributed by atoms with Gasteiger partial charge in [0.15, 0.2) is 0 Å². The van der Waals surface area contributed by atoms with Crippen molar-refractivity contribution < 1.29 is 18.3 Å². The van der Waals surface area contributed by atoms with Crippen LogP contribution in [-0.2, 0) is 0 Å². The highest BCUT2D eigenvalue weighted by Gasteiger charge is 2.01. The van der Waals surface area contributed by atoms with E-state index < -0.39 is 11.6 Å². The summed E-state index contributed by atoms with van der Waals surface area (Å²) in [6.07, 6.45) is 0. The molecule has 0 fully saturated rings. The Bertz CT molecular complexity index is 541. The number of ether oxygens (including phenoxy) is 2. The van der Waals surface area contributed by atoms with E-state index in [-0.39, 0.29) is 19.0 Å². The third kappa shape index (κ3) is 4.13. The predicted octanol–water partition coefficient (Wildman–Crippen LogP) is 3.00. The molecule has 2 aromatic rings. The van der Waals surface area contributed by atoms with Gasteiger partial charge in [-0.2, -0.15) is 0 Å². The van der Waals surface area contributed by atoms with Crippen LogP contribution in [0.3, 0.4) is 0 Å². The van der Waals surface area contributed by atoms with Gasteiger partial charge in [-0.1, -0.05) is 6.07 Å². The number of benzene rings is 2. The molecular formula is C14H13F2NO2. The molecule has 0 aliphatic rings. The molecule has 0 aliphatic heterocycles. The Labute approximate surface area is 109 Å². The first-order valence-electron chi connectivity index (χ1n) is 5.71. The highest BCUT2D eigenvalue weighted by molar-refractivity contribution is 5.43. The molecule has 5 heteroatoms. The lowest BCUT2D eigenvalue weighted by Gasteiger charge is -2.09. The molecule has 0 saturated heterocycles. The van der Waals surface area contributed by atoms with E-state index in [4.69, 9.17) is 15.2 Å². The number of nitrogens with two attached hydrogens (primary N) is 1. The van der Waals surface area contributed by atoms with Gasteiger partial charge in [-0.15, -0.1) is 0 Å². The number of nitrogen functional groups attached to an aromatic ring is 1. The molecule has 0 radical (unpaired) electrons. The Morgan fingerprint density at radius 1 is 0.842 bits per heavy atom. The summed E-state index contributed by atoms with van der Waals surface area (Å²) >= 11 is 0. The molecule has 0 unspecified atom stereocenters. The van der Waals surface area contributed by atoms with Gasteiger partial charge in [-0.3, -0.25) is 0 Å². The van der Waals surface area contributed by atoms with Gasteiger partial charge in [-0.25, -0.2) is 8.78 Å². The molecule has 2 aromatic carbocycles. The maximum atomic E-state index is 12.9. The Kier molecular flexibility index (Phi) is 4.18. The number of halogens is 2. The van der Waals surface area contributed by atoms with Crippen LogP contribution in [-0.4, -0.2) is 13.2 Å². The van der Waals surface area contributed by atoms with Crippen LogP contribution in [0.1, 0.15) is 0 Å². The van der Waals surface area contributed by atoms with E-state index in [0.29, 0.717) is 11.4 Å². The lowest BCUT2D eigenvalue weighted by molar-refractivity contribution is 0.216. The molecule has 19 heavy (non-hydrogen) atoms. The monoisotopic (exact) mass is 265 g/mol. The van der Waals surface area contributed by atoms with E-state index in [1.165, 1.54) is 0 Å². The van der Waals surface area contributed by atoms with Crippen molar-refractivity contribution in [1.29, 1.82) is 0 Å². The molecule has 0 bridgehead atoms. The van der Waals surface area contributed by atoms with Crippen molar-refractivity contribution in [2.75, 3.05) is 18.9 Å². The summed E-state index contributed by atoms with van der Waals surface area (Å²) in [4.78, 5) is 0. The van der Waals surface area contributed by atoms with Gasteiger partial charge in [0.25, 0.3) is 0 Å². The van der Waals surface area contributed by atoms with Crippen molar-refractivity contribution in [3.05, 3.63) is 54.1 Å². The molecule has 2 N–H and O–H groups in total. The minimum atomic E-state index is -0.674. The van der Waals surface area contributed by atoms with Crippen molar-refractivity contribution in [3.8, 4) is 11.5 Å². The maximum Gasteiger partial charge on any atom is 0.129 e.